The largest absolute Gasteiger partial charge is 0.399 e. The predicted molar refractivity (Wildman–Crippen MR) is 148 cm³/mol. The van der Waals surface area contributed by atoms with E-state index in [0.717, 1.165) is 16.8 Å². The van der Waals surface area contributed by atoms with Crippen molar-refractivity contribution in [2.45, 2.75) is 0 Å². The Kier molecular flexibility index (Phi) is 6.03. The van der Waals surface area contributed by atoms with Gasteiger partial charge in [0.2, 0.25) is 0 Å². The molecule has 166 valence electrons. The van der Waals surface area contributed by atoms with Crippen LogP contribution in [-0.2, 0) is 0 Å². The van der Waals surface area contributed by atoms with Crippen LogP contribution in [-0.4, -0.2) is 0 Å². The molecule has 0 fully saturated rings. The van der Waals surface area contributed by atoms with Crippen molar-refractivity contribution < 1.29 is 0 Å². The molecule has 4 N–H and O–H groups in total. The summed E-state index contributed by atoms with van der Waals surface area (Å²) in [7, 11) is -2.29. The van der Waals surface area contributed by atoms with Crippen LogP contribution in [0.25, 0.3) is 11.1 Å². The maximum Gasteiger partial charge on any atom is 0.0625 e. The van der Waals surface area contributed by atoms with Crippen LogP contribution < -0.4 is 27.4 Å². The standard InChI is InChI=1S/C30H26N3P/c31-25-20-24(21-26(32)22-25)23-16-18-27(19-17-23)33-34(28-10-4-1-5-11-28,29-12-6-2-7-13-29)30-14-8-3-9-15-30/h1-22H,31-32H2. The average Bonchev–Trinajstić information content (AvgIpc) is 2.89. The number of rotatable bonds is 5. The molecule has 0 bridgehead atoms. The van der Waals surface area contributed by atoms with Gasteiger partial charge in [0.25, 0.3) is 0 Å². The average molecular weight is 460 g/mol. The molecule has 0 aliphatic carbocycles. The molecule has 0 atom stereocenters. The molecule has 5 aromatic rings. The highest BCUT2D eigenvalue weighted by atomic mass is 31.2. The zero-order valence-electron chi connectivity index (χ0n) is 18.8. The van der Waals surface area contributed by atoms with Crippen molar-refractivity contribution in [1.82, 2.24) is 0 Å². The van der Waals surface area contributed by atoms with Gasteiger partial charge in [-0.05, 0) is 41.5 Å². The quantitative estimate of drug-likeness (QED) is 0.238. The molecule has 34 heavy (non-hydrogen) atoms. The van der Waals surface area contributed by atoms with E-state index in [2.05, 4.69) is 115 Å². The van der Waals surface area contributed by atoms with E-state index in [1.807, 2.05) is 12.1 Å². The van der Waals surface area contributed by atoms with Gasteiger partial charge in [0, 0.05) is 27.3 Å². The van der Waals surface area contributed by atoms with Gasteiger partial charge in [-0.1, -0.05) is 103 Å². The Morgan fingerprint density at radius 1 is 0.441 bits per heavy atom. The second-order valence-electron chi connectivity index (χ2n) is 8.18. The Hall–Kier alpha value is -4.07. The molecular formula is C30H26N3P. The van der Waals surface area contributed by atoms with Crippen molar-refractivity contribution in [2.75, 3.05) is 11.5 Å². The van der Waals surface area contributed by atoms with Gasteiger partial charge in [0.1, 0.15) is 0 Å². The summed E-state index contributed by atoms with van der Waals surface area (Å²) < 4.78 is 5.53. The molecule has 0 aromatic heterocycles. The molecule has 5 rings (SSSR count). The Labute approximate surface area is 200 Å². The van der Waals surface area contributed by atoms with Crippen molar-refractivity contribution in [3.05, 3.63) is 133 Å². The number of hydrogen-bond donors (Lipinski definition) is 2. The van der Waals surface area contributed by atoms with Gasteiger partial charge in [-0.3, -0.25) is 4.74 Å². The third kappa shape index (κ3) is 4.26. The Bertz CT molecular complexity index is 1320. The summed E-state index contributed by atoms with van der Waals surface area (Å²) in [5, 5.41) is 3.67. The number of nitrogen functional groups attached to an aromatic ring is 2. The molecule has 0 radical (unpaired) electrons. The number of nitrogens with zero attached hydrogens (tertiary/aromatic N) is 1. The number of anilines is 2. The molecule has 0 aliphatic heterocycles. The van der Waals surface area contributed by atoms with E-state index in [4.69, 9.17) is 16.2 Å². The monoisotopic (exact) mass is 459 g/mol. The molecule has 0 amide bonds. The summed E-state index contributed by atoms with van der Waals surface area (Å²) in [6.45, 7) is 0. The summed E-state index contributed by atoms with van der Waals surface area (Å²) in [6.07, 6.45) is 0. The van der Waals surface area contributed by atoms with Crippen LogP contribution in [0.2, 0.25) is 0 Å². The third-order valence-corrected chi connectivity index (χ3v) is 9.50. The molecule has 0 heterocycles. The summed E-state index contributed by atoms with van der Waals surface area (Å²) in [4.78, 5) is 0. The van der Waals surface area contributed by atoms with E-state index >= 15 is 0 Å². The van der Waals surface area contributed by atoms with E-state index in [1.54, 1.807) is 6.07 Å². The van der Waals surface area contributed by atoms with Gasteiger partial charge >= 0.3 is 0 Å². The summed E-state index contributed by atoms with van der Waals surface area (Å²) in [5.74, 6) is 0. The Morgan fingerprint density at radius 2 is 0.853 bits per heavy atom. The molecule has 0 unspecified atom stereocenters. The number of benzene rings is 5. The molecular weight excluding hydrogens is 433 g/mol. The smallest absolute Gasteiger partial charge is 0.0625 e. The van der Waals surface area contributed by atoms with Crippen molar-refractivity contribution >= 4 is 40.0 Å². The molecule has 0 spiro atoms. The SMILES string of the molecule is Nc1cc(N)cc(-c2ccc(N=P(c3ccccc3)(c3ccccc3)c3ccccc3)cc2)c1. The topological polar surface area (TPSA) is 64.4 Å². The van der Waals surface area contributed by atoms with Crippen LogP contribution in [0.4, 0.5) is 17.1 Å². The third-order valence-electron chi connectivity index (χ3n) is 5.83. The first-order chi connectivity index (χ1) is 16.6. The molecule has 4 heteroatoms. The molecule has 3 nitrogen and oxygen atoms in total. The fourth-order valence-electron chi connectivity index (χ4n) is 4.29. The van der Waals surface area contributed by atoms with Crippen molar-refractivity contribution in [1.29, 1.82) is 0 Å². The summed E-state index contributed by atoms with van der Waals surface area (Å²) in [5.41, 5.74) is 16.3. The van der Waals surface area contributed by atoms with E-state index < -0.39 is 7.05 Å². The normalized spacial score (nSPS) is 11.2. The first kappa shape index (κ1) is 21.8. The van der Waals surface area contributed by atoms with Crippen LogP contribution in [0, 0.1) is 0 Å². The minimum atomic E-state index is -2.29. The van der Waals surface area contributed by atoms with Gasteiger partial charge in [0.05, 0.1) is 12.7 Å². The lowest BCUT2D eigenvalue weighted by atomic mass is 10.0. The highest BCUT2D eigenvalue weighted by Gasteiger charge is 2.27. The zero-order valence-corrected chi connectivity index (χ0v) is 19.6. The fourth-order valence-corrected chi connectivity index (χ4v) is 7.82. The van der Waals surface area contributed by atoms with Crippen LogP contribution in [0.5, 0.6) is 0 Å². The van der Waals surface area contributed by atoms with E-state index in [0.29, 0.717) is 11.4 Å². The lowest BCUT2D eigenvalue weighted by molar-refractivity contribution is 1.53. The first-order valence-corrected chi connectivity index (χ1v) is 12.9. The lowest BCUT2D eigenvalue weighted by Gasteiger charge is -2.27. The zero-order chi connectivity index (χ0) is 23.4. The second kappa shape index (κ2) is 9.43. The fraction of sp³-hybridized carbons (Fsp3) is 0. The summed E-state index contributed by atoms with van der Waals surface area (Å²) >= 11 is 0. The van der Waals surface area contributed by atoms with Crippen molar-refractivity contribution in [3.63, 3.8) is 0 Å². The van der Waals surface area contributed by atoms with Crippen LogP contribution in [0.1, 0.15) is 0 Å². The molecule has 0 saturated carbocycles. The van der Waals surface area contributed by atoms with Crippen LogP contribution in [0.15, 0.2) is 138 Å². The second-order valence-corrected chi connectivity index (χ2v) is 11.2. The minimum absolute atomic E-state index is 0.658. The predicted octanol–water partition coefficient (Wildman–Crippen LogP) is 6.33. The van der Waals surface area contributed by atoms with Gasteiger partial charge in [0.15, 0.2) is 0 Å². The summed E-state index contributed by atoms with van der Waals surface area (Å²) in [6, 6.07) is 45.9. The highest BCUT2D eigenvalue weighted by Crippen LogP contribution is 2.49. The Morgan fingerprint density at radius 3 is 1.26 bits per heavy atom. The first-order valence-electron chi connectivity index (χ1n) is 11.2. The van der Waals surface area contributed by atoms with Gasteiger partial charge in [-0.15, -0.1) is 0 Å². The van der Waals surface area contributed by atoms with E-state index in [-0.39, 0.29) is 0 Å². The molecule has 0 aliphatic rings. The minimum Gasteiger partial charge on any atom is -0.399 e. The van der Waals surface area contributed by atoms with Gasteiger partial charge in [-0.2, -0.15) is 0 Å². The van der Waals surface area contributed by atoms with Gasteiger partial charge < -0.3 is 11.5 Å². The maximum atomic E-state index is 6.01. The van der Waals surface area contributed by atoms with Gasteiger partial charge in [-0.25, -0.2) is 0 Å². The van der Waals surface area contributed by atoms with Crippen LogP contribution in [0.3, 0.4) is 0 Å². The number of hydrogen-bond acceptors (Lipinski definition) is 3. The highest BCUT2D eigenvalue weighted by molar-refractivity contribution is 7.87. The lowest BCUT2D eigenvalue weighted by Crippen LogP contribution is -2.25. The van der Waals surface area contributed by atoms with E-state index in [1.165, 1.54) is 15.9 Å². The maximum absolute atomic E-state index is 6.01. The van der Waals surface area contributed by atoms with Crippen LogP contribution >= 0.6 is 7.05 Å². The molecule has 0 saturated heterocycles. The van der Waals surface area contributed by atoms with E-state index in [9.17, 15) is 0 Å². The van der Waals surface area contributed by atoms with Crippen molar-refractivity contribution in [3.8, 4) is 11.1 Å². The number of nitrogens with two attached hydrogens (primary N) is 2. The van der Waals surface area contributed by atoms with Crippen molar-refractivity contribution in [2.24, 2.45) is 4.74 Å². The molecule has 5 aromatic carbocycles. The Balaban J connectivity index is 1.73.